The van der Waals surface area contributed by atoms with Crippen molar-refractivity contribution in [3.8, 4) is 6.07 Å². The third-order valence-corrected chi connectivity index (χ3v) is 4.58. The SMILES string of the molecule is CC(N)=C(C#N)C(=O)CSc1nc(Nc2ccccc2)c2ccccc2n1. The van der Waals surface area contributed by atoms with E-state index in [1.807, 2.05) is 60.7 Å². The number of fused-ring (bicyclic) bond motifs is 1. The molecule has 0 aliphatic heterocycles. The Morgan fingerprint density at radius 3 is 2.56 bits per heavy atom. The molecule has 3 rings (SSSR count). The Balaban J connectivity index is 1.89. The molecule has 0 aliphatic rings. The van der Waals surface area contributed by atoms with Crippen molar-refractivity contribution in [1.82, 2.24) is 9.97 Å². The topological polar surface area (TPSA) is 105 Å². The summed E-state index contributed by atoms with van der Waals surface area (Å²) >= 11 is 1.18. The predicted octanol–water partition coefficient (Wildman–Crippen LogP) is 3.79. The van der Waals surface area contributed by atoms with E-state index in [1.165, 1.54) is 18.7 Å². The summed E-state index contributed by atoms with van der Waals surface area (Å²) in [5.41, 5.74) is 7.46. The van der Waals surface area contributed by atoms with Gasteiger partial charge in [-0.1, -0.05) is 42.1 Å². The number of rotatable bonds is 6. The molecular formula is C20H17N5OS. The summed E-state index contributed by atoms with van der Waals surface area (Å²) in [7, 11) is 0. The molecule has 0 bridgehead atoms. The van der Waals surface area contributed by atoms with E-state index in [9.17, 15) is 4.79 Å². The molecule has 0 saturated heterocycles. The van der Waals surface area contributed by atoms with Gasteiger partial charge in [0, 0.05) is 16.8 Å². The number of carbonyl (C=O) groups is 1. The Bertz CT molecular complexity index is 1050. The van der Waals surface area contributed by atoms with Crippen LogP contribution in [0, 0.1) is 11.3 Å². The average molecular weight is 375 g/mol. The Labute approximate surface area is 161 Å². The van der Waals surface area contributed by atoms with Crippen molar-refractivity contribution in [3.05, 3.63) is 65.9 Å². The lowest BCUT2D eigenvalue weighted by atomic mass is 10.2. The normalized spacial score (nSPS) is 11.6. The predicted molar refractivity (Wildman–Crippen MR) is 107 cm³/mol. The second kappa shape index (κ2) is 8.34. The second-order valence-corrected chi connectivity index (χ2v) is 6.69. The molecule has 0 radical (unpaired) electrons. The van der Waals surface area contributed by atoms with Gasteiger partial charge in [-0.25, -0.2) is 9.97 Å². The maximum absolute atomic E-state index is 12.2. The quantitative estimate of drug-likeness (QED) is 0.292. The molecule has 6 nitrogen and oxygen atoms in total. The lowest BCUT2D eigenvalue weighted by Crippen LogP contribution is -2.10. The molecule has 0 fully saturated rings. The van der Waals surface area contributed by atoms with Gasteiger partial charge in [0.25, 0.3) is 0 Å². The zero-order valence-electron chi connectivity index (χ0n) is 14.6. The van der Waals surface area contributed by atoms with Crippen LogP contribution in [-0.2, 0) is 4.79 Å². The van der Waals surface area contributed by atoms with Gasteiger partial charge in [-0.15, -0.1) is 0 Å². The van der Waals surface area contributed by atoms with Crippen LogP contribution in [0.5, 0.6) is 0 Å². The highest BCUT2D eigenvalue weighted by atomic mass is 32.2. The van der Waals surface area contributed by atoms with Gasteiger partial charge in [0.2, 0.25) is 0 Å². The number of hydrogen-bond acceptors (Lipinski definition) is 7. The number of hydrogen-bond donors (Lipinski definition) is 2. The zero-order valence-corrected chi connectivity index (χ0v) is 15.5. The van der Waals surface area contributed by atoms with Crippen LogP contribution in [0.1, 0.15) is 6.92 Å². The number of nitrogens with two attached hydrogens (primary N) is 1. The molecule has 0 unspecified atom stereocenters. The van der Waals surface area contributed by atoms with Crippen LogP contribution < -0.4 is 11.1 Å². The van der Waals surface area contributed by atoms with Gasteiger partial charge in [-0.3, -0.25) is 4.79 Å². The first-order valence-electron chi connectivity index (χ1n) is 8.20. The third kappa shape index (κ3) is 4.43. The van der Waals surface area contributed by atoms with Crippen LogP contribution in [0.15, 0.2) is 71.0 Å². The van der Waals surface area contributed by atoms with E-state index < -0.39 is 0 Å². The smallest absolute Gasteiger partial charge is 0.190 e. The fourth-order valence-electron chi connectivity index (χ4n) is 2.45. The number of carbonyl (C=O) groups excluding carboxylic acids is 1. The van der Waals surface area contributed by atoms with E-state index in [4.69, 9.17) is 11.0 Å². The number of nitriles is 1. The van der Waals surface area contributed by atoms with Crippen molar-refractivity contribution in [2.75, 3.05) is 11.1 Å². The first-order chi connectivity index (χ1) is 13.1. The molecule has 0 amide bonds. The van der Waals surface area contributed by atoms with Gasteiger partial charge >= 0.3 is 0 Å². The number of nitrogens with zero attached hydrogens (tertiary/aromatic N) is 3. The number of para-hydroxylation sites is 2. The highest BCUT2D eigenvalue weighted by Gasteiger charge is 2.14. The largest absolute Gasteiger partial charge is 0.401 e. The van der Waals surface area contributed by atoms with Gasteiger partial charge in [-0.2, -0.15) is 5.26 Å². The number of anilines is 2. The molecule has 1 aromatic heterocycles. The molecule has 3 aromatic rings. The summed E-state index contributed by atoms with van der Waals surface area (Å²) in [6.45, 7) is 1.54. The van der Waals surface area contributed by atoms with Crippen molar-refractivity contribution >= 4 is 40.0 Å². The lowest BCUT2D eigenvalue weighted by Gasteiger charge is -2.10. The molecule has 0 spiro atoms. The number of nitrogens with one attached hydrogen (secondary N) is 1. The molecule has 0 aliphatic carbocycles. The number of aromatic nitrogens is 2. The first kappa shape index (κ1) is 18.4. The molecule has 0 atom stereocenters. The van der Waals surface area contributed by atoms with E-state index in [2.05, 4.69) is 15.3 Å². The number of Topliss-reactive ketones (excluding diaryl/α,β-unsaturated/α-hetero) is 1. The number of ketones is 1. The van der Waals surface area contributed by atoms with Gasteiger partial charge in [0.1, 0.15) is 17.5 Å². The lowest BCUT2D eigenvalue weighted by molar-refractivity contribution is -0.112. The minimum absolute atomic E-state index is 0.0223. The maximum Gasteiger partial charge on any atom is 0.190 e. The fraction of sp³-hybridized carbons (Fsp3) is 0.100. The van der Waals surface area contributed by atoms with Crippen molar-refractivity contribution < 1.29 is 4.79 Å². The molecule has 7 heteroatoms. The molecule has 0 saturated carbocycles. The summed E-state index contributed by atoms with van der Waals surface area (Å²) in [4.78, 5) is 21.2. The van der Waals surface area contributed by atoms with Crippen LogP contribution in [-0.4, -0.2) is 21.5 Å². The fourth-order valence-corrected chi connectivity index (χ4v) is 3.17. The summed E-state index contributed by atoms with van der Waals surface area (Å²) in [5, 5.41) is 13.7. The zero-order chi connectivity index (χ0) is 19.2. The monoisotopic (exact) mass is 375 g/mol. The summed E-state index contributed by atoms with van der Waals surface area (Å²) in [6, 6.07) is 19.2. The first-order valence-corrected chi connectivity index (χ1v) is 9.18. The van der Waals surface area contributed by atoms with E-state index >= 15 is 0 Å². The standard InChI is InChI=1S/C20H17N5OS/c1-13(22)16(11-21)18(26)12-27-20-24-17-10-6-5-9-15(17)19(25-20)23-14-7-3-2-4-8-14/h2-10H,12,22H2,1H3,(H,23,24,25). The van der Waals surface area contributed by atoms with Crippen molar-refractivity contribution in [3.63, 3.8) is 0 Å². The average Bonchev–Trinajstić information content (AvgIpc) is 2.67. The Kier molecular flexibility index (Phi) is 5.69. The van der Waals surface area contributed by atoms with Gasteiger partial charge < -0.3 is 11.1 Å². The Morgan fingerprint density at radius 1 is 1.15 bits per heavy atom. The van der Waals surface area contributed by atoms with Crippen molar-refractivity contribution in [1.29, 1.82) is 5.26 Å². The van der Waals surface area contributed by atoms with Gasteiger partial charge in [0.15, 0.2) is 10.9 Å². The van der Waals surface area contributed by atoms with E-state index in [-0.39, 0.29) is 22.8 Å². The van der Waals surface area contributed by atoms with Crippen LogP contribution in [0.3, 0.4) is 0 Å². The third-order valence-electron chi connectivity index (χ3n) is 3.74. The van der Waals surface area contributed by atoms with Gasteiger partial charge in [0.05, 0.1) is 11.3 Å². The van der Waals surface area contributed by atoms with E-state index in [1.54, 1.807) is 0 Å². The number of benzene rings is 2. The van der Waals surface area contributed by atoms with Crippen LogP contribution >= 0.6 is 11.8 Å². The van der Waals surface area contributed by atoms with Crippen LogP contribution in [0.4, 0.5) is 11.5 Å². The molecule has 3 N–H and O–H groups in total. The Hall–Kier alpha value is -3.37. The highest BCUT2D eigenvalue weighted by molar-refractivity contribution is 7.99. The molecular weight excluding hydrogens is 358 g/mol. The highest BCUT2D eigenvalue weighted by Crippen LogP contribution is 2.27. The van der Waals surface area contributed by atoms with Crippen LogP contribution in [0.25, 0.3) is 10.9 Å². The summed E-state index contributed by atoms with van der Waals surface area (Å²) in [5.74, 6) is 0.366. The Morgan fingerprint density at radius 2 is 1.85 bits per heavy atom. The molecule has 2 aromatic carbocycles. The number of thioether (sulfide) groups is 1. The minimum Gasteiger partial charge on any atom is -0.401 e. The summed E-state index contributed by atoms with van der Waals surface area (Å²) < 4.78 is 0. The number of allylic oxidation sites excluding steroid dienone is 2. The maximum atomic E-state index is 12.2. The van der Waals surface area contributed by atoms with Crippen LogP contribution in [0.2, 0.25) is 0 Å². The molecule has 1 heterocycles. The minimum atomic E-state index is -0.336. The van der Waals surface area contributed by atoms with Crippen molar-refractivity contribution in [2.24, 2.45) is 5.73 Å². The van der Waals surface area contributed by atoms with E-state index in [0.717, 1.165) is 16.6 Å². The second-order valence-electron chi connectivity index (χ2n) is 5.74. The van der Waals surface area contributed by atoms with Gasteiger partial charge in [-0.05, 0) is 31.2 Å². The molecule has 134 valence electrons. The van der Waals surface area contributed by atoms with E-state index in [0.29, 0.717) is 11.0 Å². The molecule has 27 heavy (non-hydrogen) atoms. The van der Waals surface area contributed by atoms with Crippen molar-refractivity contribution in [2.45, 2.75) is 12.1 Å². The summed E-state index contributed by atoms with van der Waals surface area (Å²) in [6.07, 6.45) is 0.